The first-order valence-electron chi connectivity index (χ1n) is 10.5. The van der Waals surface area contributed by atoms with Crippen LogP contribution in [0.5, 0.6) is 0 Å². The van der Waals surface area contributed by atoms with Crippen molar-refractivity contribution in [2.45, 2.75) is 55.2 Å². The molecule has 8 nitrogen and oxygen atoms in total. The predicted octanol–water partition coefficient (Wildman–Crippen LogP) is 3.80. The number of aromatic nitrogens is 3. The lowest BCUT2D eigenvalue weighted by Crippen LogP contribution is -2.36. The van der Waals surface area contributed by atoms with Crippen LogP contribution in [0.1, 0.15) is 46.9 Å². The number of amides is 1. The standard InChI is InChI=1S/C20H20F6N4O4S/c1-35(32,33)13-8-12(4-6-27-13)28-18(31)16-14(19(21,22)23)15(10-2-3-10)29-30(16)9-11-5-7-34-17(11)20(24,25)26/h4,6,8,10-11,17H,2-3,5,7,9H2,1H3,(H,27,28,31)/t11?,17-/m1/s1. The van der Waals surface area contributed by atoms with E-state index < -0.39 is 74.6 Å². The lowest BCUT2D eigenvalue weighted by molar-refractivity contribution is -0.217. The van der Waals surface area contributed by atoms with Crippen LogP contribution in [0, 0.1) is 5.92 Å². The fourth-order valence-electron chi connectivity index (χ4n) is 4.05. The largest absolute Gasteiger partial charge is 0.420 e. The number of carbonyl (C=O) groups excluding carboxylic acids is 1. The highest BCUT2D eigenvalue weighted by molar-refractivity contribution is 7.90. The average Bonchev–Trinajstić information content (AvgIpc) is 3.32. The molecule has 0 aromatic carbocycles. The molecule has 1 aliphatic heterocycles. The highest BCUT2D eigenvalue weighted by atomic mass is 32.2. The fourth-order valence-corrected chi connectivity index (χ4v) is 4.64. The summed E-state index contributed by atoms with van der Waals surface area (Å²) in [5, 5.41) is 5.73. The Morgan fingerprint density at radius 3 is 2.46 bits per heavy atom. The molecule has 2 fully saturated rings. The van der Waals surface area contributed by atoms with Gasteiger partial charge in [-0.05, 0) is 31.4 Å². The summed E-state index contributed by atoms with van der Waals surface area (Å²) in [7, 11) is -3.78. The van der Waals surface area contributed by atoms with Crippen molar-refractivity contribution in [2.24, 2.45) is 5.92 Å². The fraction of sp³-hybridized carbons (Fsp3) is 0.550. The highest BCUT2D eigenvalue weighted by Gasteiger charge is 2.50. The van der Waals surface area contributed by atoms with Gasteiger partial charge in [0.05, 0.1) is 5.69 Å². The van der Waals surface area contributed by atoms with E-state index in [-0.39, 0.29) is 18.7 Å². The van der Waals surface area contributed by atoms with Crippen LogP contribution in [0.15, 0.2) is 23.4 Å². The van der Waals surface area contributed by atoms with Crippen LogP contribution in [0.2, 0.25) is 0 Å². The third-order valence-corrected chi connectivity index (χ3v) is 6.74. The molecule has 2 aliphatic rings. The molecule has 35 heavy (non-hydrogen) atoms. The predicted molar refractivity (Wildman–Crippen MR) is 108 cm³/mol. The van der Waals surface area contributed by atoms with E-state index >= 15 is 0 Å². The number of alkyl halides is 6. The highest BCUT2D eigenvalue weighted by Crippen LogP contribution is 2.47. The van der Waals surface area contributed by atoms with Crippen LogP contribution in [0.3, 0.4) is 0 Å². The Morgan fingerprint density at radius 2 is 1.89 bits per heavy atom. The van der Waals surface area contributed by atoms with Crippen molar-refractivity contribution >= 4 is 21.4 Å². The van der Waals surface area contributed by atoms with E-state index in [2.05, 4.69) is 15.4 Å². The summed E-state index contributed by atoms with van der Waals surface area (Å²) in [6.45, 7) is -0.849. The molecule has 1 unspecified atom stereocenters. The molecule has 3 heterocycles. The molecule has 0 spiro atoms. The second-order valence-electron chi connectivity index (χ2n) is 8.55. The number of nitrogens with one attached hydrogen (secondary N) is 1. The smallest absolute Gasteiger partial charge is 0.368 e. The summed E-state index contributed by atoms with van der Waals surface area (Å²) in [6, 6.07) is 2.14. The minimum Gasteiger partial charge on any atom is -0.368 e. The number of rotatable bonds is 6. The maximum atomic E-state index is 14.1. The van der Waals surface area contributed by atoms with Gasteiger partial charge in [0.25, 0.3) is 5.91 Å². The summed E-state index contributed by atoms with van der Waals surface area (Å²) >= 11 is 0. The van der Waals surface area contributed by atoms with Crippen molar-refractivity contribution in [1.29, 1.82) is 0 Å². The molecule has 2 atom stereocenters. The lowest BCUT2D eigenvalue weighted by atomic mass is 10.0. The molecule has 1 saturated carbocycles. The molecule has 15 heteroatoms. The van der Waals surface area contributed by atoms with Crippen molar-refractivity contribution in [3.63, 3.8) is 0 Å². The molecular formula is C20H20F6N4O4S. The lowest BCUT2D eigenvalue weighted by Gasteiger charge is -2.22. The Labute approximate surface area is 195 Å². The van der Waals surface area contributed by atoms with E-state index in [4.69, 9.17) is 4.74 Å². The molecule has 4 rings (SSSR count). The summed E-state index contributed by atoms with van der Waals surface area (Å²) in [4.78, 5) is 16.7. The van der Waals surface area contributed by atoms with Crippen molar-refractivity contribution < 1.29 is 44.3 Å². The molecule has 1 saturated heterocycles. The number of nitrogens with zero attached hydrogens (tertiary/aromatic N) is 3. The Balaban J connectivity index is 1.75. The van der Waals surface area contributed by atoms with E-state index in [9.17, 15) is 39.6 Å². The molecule has 1 amide bonds. The number of carbonyl (C=O) groups is 1. The van der Waals surface area contributed by atoms with Crippen LogP contribution in [0.25, 0.3) is 0 Å². The van der Waals surface area contributed by atoms with Crippen LogP contribution < -0.4 is 5.32 Å². The molecule has 1 N–H and O–H groups in total. The van der Waals surface area contributed by atoms with Crippen LogP contribution in [-0.2, 0) is 27.3 Å². The third-order valence-electron chi connectivity index (χ3n) is 5.76. The quantitative estimate of drug-likeness (QED) is 0.575. The van der Waals surface area contributed by atoms with Gasteiger partial charge in [0.15, 0.2) is 21.0 Å². The molecule has 192 valence electrons. The summed E-state index contributed by atoms with van der Waals surface area (Å²) in [5.41, 5.74) is -2.80. The van der Waals surface area contributed by atoms with Crippen LogP contribution in [-0.4, -0.2) is 54.2 Å². The van der Waals surface area contributed by atoms with Gasteiger partial charge in [-0.3, -0.25) is 9.48 Å². The second-order valence-corrected chi connectivity index (χ2v) is 10.5. The van der Waals surface area contributed by atoms with Gasteiger partial charge in [-0.25, -0.2) is 13.4 Å². The van der Waals surface area contributed by atoms with E-state index in [1.807, 2.05) is 0 Å². The van der Waals surface area contributed by atoms with Gasteiger partial charge in [0, 0.05) is 43.1 Å². The number of hydrogen-bond acceptors (Lipinski definition) is 6. The SMILES string of the molecule is CS(=O)(=O)c1cc(NC(=O)c2c(C(F)(F)F)c(C3CC3)nn2CC2CCO[C@H]2C(F)(F)F)ccn1. The Morgan fingerprint density at radius 1 is 1.20 bits per heavy atom. The van der Waals surface area contributed by atoms with Crippen LogP contribution >= 0.6 is 0 Å². The topological polar surface area (TPSA) is 103 Å². The molecule has 1 aliphatic carbocycles. The van der Waals surface area contributed by atoms with Crippen molar-refractivity contribution in [1.82, 2.24) is 14.8 Å². The van der Waals surface area contributed by atoms with Gasteiger partial charge < -0.3 is 10.1 Å². The Kier molecular flexibility index (Phi) is 6.36. The second kappa shape index (κ2) is 8.76. The normalized spacial score (nSPS) is 21.3. The minimum absolute atomic E-state index is 0.0761. The van der Waals surface area contributed by atoms with Crippen molar-refractivity contribution in [2.75, 3.05) is 18.2 Å². The first kappa shape index (κ1) is 25.4. The van der Waals surface area contributed by atoms with E-state index in [1.165, 1.54) is 6.07 Å². The zero-order valence-corrected chi connectivity index (χ0v) is 19.0. The number of ether oxygens (including phenoxy) is 1. The van der Waals surface area contributed by atoms with Crippen molar-refractivity contribution in [3.05, 3.63) is 35.3 Å². The van der Waals surface area contributed by atoms with Gasteiger partial charge in [-0.15, -0.1) is 0 Å². The minimum atomic E-state index is -5.01. The molecular weight excluding hydrogens is 506 g/mol. The average molecular weight is 526 g/mol. The van der Waals surface area contributed by atoms with Gasteiger partial charge in [-0.2, -0.15) is 31.4 Å². The van der Waals surface area contributed by atoms with E-state index in [0.717, 1.165) is 18.5 Å². The molecule has 2 aromatic heterocycles. The number of halogens is 6. The molecule has 0 bridgehead atoms. The maximum Gasteiger partial charge on any atom is 0.420 e. The first-order chi connectivity index (χ1) is 16.2. The summed E-state index contributed by atoms with van der Waals surface area (Å²) in [6.07, 6.45) is -9.29. The van der Waals surface area contributed by atoms with E-state index in [0.29, 0.717) is 17.5 Å². The van der Waals surface area contributed by atoms with Gasteiger partial charge >= 0.3 is 12.4 Å². The Hall–Kier alpha value is -2.68. The molecule has 0 radical (unpaired) electrons. The first-order valence-corrected chi connectivity index (χ1v) is 12.4. The Bertz CT molecular complexity index is 1240. The number of sulfone groups is 1. The summed E-state index contributed by atoms with van der Waals surface area (Å²) < 4.78 is 111. The van der Waals surface area contributed by atoms with Gasteiger partial charge in [-0.1, -0.05) is 0 Å². The van der Waals surface area contributed by atoms with Gasteiger partial charge in [0.1, 0.15) is 11.3 Å². The molecule has 2 aromatic rings. The zero-order chi connectivity index (χ0) is 25.8. The maximum absolute atomic E-state index is 14.1. The van der Waals surface area contributed by atoms with Crippen molar-refractivity contribution in [3.8, 4) is 0 Å². The zero-order valence-electron chi connectivity index (χ0n) is 18.2. The number of hydrogen-bond donors (Lipinski definition) is 1. The summed E-state index contributed by atoms with van der Waals surface area (Å²) in [5.74, 6) is -3.09. The van der Waals surface area contributed by atoms with Crippen LogP contribution in [0.4, 0.5) is 32.0 Å². The third kappa shape index (κ3) is 5.44. The monoisotopic (exact) mass is 526 g/mol. The van der Waals surface area contributed by atoms with Gasteiger partial charge in [0.2, 0.25) is 0 Å². The van der Waals surface area contributed by atoms with E-state index in [1.54, 1.807) is 0 Å². The number of pyridine rings is 1. The number of anilines is 1.